The van der Waals surface area contributed by atoms with Gasteiger partial charge in [0.25, 0.3) is 10.1 Å². The summed E-state index contributed by atoms with van der Waals surface area (Å²) in [6, 6.07) is 4.03. The Bertz CT molecular complexity index is 520. The topological polar surface area (TPSA) is 112 Å². The Balaban J connectivity index is 2.73. The highest BCUT2D eigenvalue weighted by Gasteiger charge is 2.10. The molecule has 0 unspecified atom stereocenters. The van der Waals surface area contributed by atoms with E-state index < -0.39 is 16.1 Å². The van der Waals surface area contributed by atoms with Crippen molar-refractivity contribution >= 4 is 16.1 Å². The molecule has 94 valence electrons. The third kappa shape index (κ3) is 4.41. The molecule has 0 aliphatic rings. The van der Waals surface area contributed by atoms with Crippen molar-refractivity contribution in [2.45, 2.75) is 12.8 Å². The third-order valence-electron chi connectivity index (χ3n) is 2.16. The SMILES string of the molecule is O=C(O)c1cc(CCCS(=O)(=O)O)ccc1O. The maximum atomic E-state index is 10.7. The Morgan fingerprint density at radius 2 is 1.94 bits per heavy atom. The van der Waals surface area contributed by atoms with Crippen molar-refractivity contribution in [3.05, 3.63) is 29.3 Å². The largest absolute Gasteiger partial charge is 0.507 e. The molecule has 0 atom stereocenters. The lowest BCUT2D eigenvalue weighted by atomic mass is 10.1. The fourth-order valence-corrected chi connectivity index (χ4v) is 1.88. The minimum absolute atomic E-state index is 0.183. The molecule has 0 aliphatic carbocycles. The smallest absolute Gasteiger partial charge is 0.339 e. The number of aromatic carboxylic acids is 1. The molecule has 17 heavy (non-hydrogen) atoms. The van der Waals surface area contributed by atoms with Crippen LogP contribution in [0.1, 0.15) is 22.3 Å². The van der Waals surface area contributed by atoms with E-state index in [2.05, 4.69) is 0 Å². The number of carboxylic acid groups (broad SMARTS) is 1. The molecule has 6 nitrogen and oxygen atoms in total. The molecule has 0 radical (unpaired) electrons. The van der Waals surface area contributed by atoms with Crippen LogP contribution >= 0.6 is 0 Å². The van der Waals surface area contributed by atoms with Crippen molar-refractivity contribution in [1.29, 1.82) is 0 Å². The molecule has 3 N–H and O–H groups in total. The first-order valence-electron chi connectivity index (χ1n) is 4.80. The summed E-state index contributed by atoms with van der Waals surface area (Å²) in [5.74, 6) is -1.97. The van der Waals surface area contributed by atoms with Crippen LogP contribution in [-0.2, 0) is 16.5 Å². The van der Waals surface area contributed by atoms with Gasteiger partial charge in [0.2, 0.25) is 0 Å². The molecule has 1 rings (SSSR count). The minimum atomic E-state index is -3.99. The van der Waals surface area contributed by atoms with Crippen molar-refractivity contribution < 1.29 is 28.0 Å². The highest BCUT2D eigenvalue weighted by Crippen LogP contribution is 2.19. The average molecular weight is 260 g/mol. The van der Waals surface area contributed by atoms with Gasteiger partial charge >= 0.3 is 5.97 Å². The number of hydrogen-bond donors (Lipinski definition) is 3. The van der Waals surface area contributed by atoms with Gasteiger partial charge in [-0.15, -0.1) is 0 Å². The highest BCUT2D eigenvalue weighted by molar-refractivity contribution is 7.85. The van der Waals surface area contributed by atoms with Crippen LogP contribution in [0.25, 0.3) is 0 Å². The summed E-state index contributed by atoms with van der Waals surface area (Å²) in [4.78, 5) is 10.7. The summed E-state index contributed by atoms with van der Waals surface area (Å²) >= 11 is 0. The van der Waals surface area contributed by atoms with E-state index in [4.69, 9.17) is 9.66 Å². The van der Waals surface area contributed by atoms with Crippen molar-refractivity contribution in [3.8, 4) is 5.75 Å². The minimum Gasteiger partial charge on any atom is -0.507 e. The summed E-state index contributed by atoms with van der Waals surface area (Å²) in [6.45, 7) is 0. The average Bonchev–Trinajstić information content (AvgIpc) is 2.18. The van der Waals surface area contributed by atoms with Gasteiger partial charge in [0, 0.05) is 0 Å². The number of aryl methyl sites for hydroxylation is 1. The Morgan fingerprint density at radius 1 is 1.29 bits per heavy atom. The lowest BCUT2D eigenvalue weighted by molar-refractivity contribution is 0.0693. The molecule has 0 aliphatic heterocycles. The molecule has 0 spiro atoms. The van der Waals surface area contributed by atoms with E-state index >= 15 is 0 Å². The first-order chi connectivity index (χ1) is 7.79. The summed E-state index contributed by atoms with van der Waals surface area (Å²) in [6.07, 6.45) is 0.489. The molecule has 0 aromatic heterocycles. The lowest BCUT2D eigenvalue weighted by Gasteiger charge is -2.04. The van der Waals surface area contributed by atoms with E-state index in [1.807, 2.05) is 0 Å². The third-order valence-corrected chi connectivity index (χ3v) is 2.96. The monoisotopic (exact) mass is 260 g/mol. The van der Waals surface area contributed by atoms with Gasteiger partial charge < -0.3 is 10.2 Å². The van der Waals surface area contributed by atoms with Gasteiger partial charge in [0.05, 0.1) is 5.75 Å². The van der Waals surface area contributed by atoms with Gasteiger partial charge in [0.15, 0.2) is 0 Å². The second-order valence-electron chi connectivity index (χ2n) is 3.55. The summed E-state index contributed by atoms with van der Waals surface area (Å²) < 4.78 is 29.5. The number of rotatable bonds is 5. The molecule has 0 bridgehead atoms. The number of carboxylic acids is 1. The van der Waals surface area contributed by atoms with Crippen molar-refractivity contribution in [2.75, 3.05) is 5.75 Å². The van der Waals surface area contributed by atoms with Gasteiger partial charge in [-0.1, -0.05) is 6.07 Å². The van der Waals surface area contributed by atoms with Gasteiger partial charge in [-0.2, -0.15) is 8.42 Å². The van der Waals surface area contributed by atoms with E-state index in [-0.39, 0.29) is 23.5 Å². The van der Waals surface area contributed by atoms with Crippen molar-refractivity contribution in [1.82, 2.24) is 0 Å². The molecule has 0 fully saturated rings. The normalized spacial score (nSPS) is 11.4. The van der Waals surface area contributed by atoms with E-state index in [1.54, 1.807) is 0 Å². The van der Waals surface area contributed by atoms with Crippen LogP contribution in [0.4, 0.5) is 0 Å². The van der Waals surface area contributed by atoms with Crippen LogP contribution in [0.15, 0.2) is 18.2 Å². The fourth-order valence-electron chi connectivity index (χ4n) is 1.37. The summed E-state index contributed by atoms with van der Waals surface area (Å²) in [7, 11) is -3.99. The van der Waals surface area contributed by atoms with Gasteiger partial charge in [-0.25, -0.2) is 4.79 Å². The Kier molecular flexibility index (Phi) is 4.08. The highest BCUT2D eigenvalue weighted by atomic mass is 32.2. The van der Waals surface area contributed by atoms with E-state index in [0.717, 1.165) is 0 Å². The van der Waals surface area contributed by atoms with Crippen LogP contribution in [-0.4, -0.2) is 34.9 Å². The summed E-state index contributed by atoms with van der Waals surface area (Å²) in [5, 5.41) is 18.0. The lowest BCUT2D eigenvalue weighted by Crippen LogP contribution is -2.05. The van der Waals surface area contributed by atoms with Crippen LogP contribution in [0.3, 0.4) is 0 Å². The molecular weight excluding hydrogens is 248 g/mol. The van der Waals surface area contributed by atoms with Gasteiger partial charge in [-0.3, -0.25) is 4.55 Å². The van der Waals surface area contributed by atoms with Crippen molar-refractivity contribution in [2.24, 2.45) is 0 Å². The molecule has 1 aromatic carbocycles. The first kappa shape index (κ1) is 13.5. The molecule has 0 heterocycles. The Hall–Kier alpha value is -1.60. The number of carbonyl (C=O) groups is 1. The first-order valence-corrected chi connectivity index (χ1v) is 6.41. The van der Waals surface area contributed by atoms with Gasteiger partial charge in [-0.05, 0) is 30.5 Å². The van der Waals surface area contributed by atoms with Crippen LogP contribution < -0.4 is 0 Å². The van der Waals surface area contributed by atoms with Crippen LogP contribution in [0, 0.1) is 0 Å². The quantitative estimate of drug-likeness (QED) is 0.678. The molecular formula is C10H12O6S. The zero-order chi connectivity index (χ0) is 13.1. The second kappa shape index (κ2) is 5.15. The second-order valence-corrected chi connectivity index (χ2v) is 5.12. The van der Waals surface area contributed by atoms with E-state index in [9.17, 15) is 18.3 Å². The van der Waals surface area contributed by atoms with Crippen LogP contribution in [0.5, 0.6) is 5.75 Å². The van der Waals surface area contributed by atoms with Gasteiger partial charge in [0.1, 0.15) is 11.3 Å². The number of hydrogen-bond acceptors (Lipinski definition) is 4. The predicted molar refractivity (Wildman–Crippen MR) is 59.8 cm³/mol. The molecule has 0 amide bonds. The zero-order valence-corrected chi connectivity index (χ0v) is 9.64. The zero-order valence-electron chi connectivity index (χ0n) is 8.83. The van der Waals surface area contributed by atoms with E-state index in [0.29, 0.717) is 12.0 Å². The van der Waals surface area contributed by atoms with Crippen LogP contribution in [0.2, 0.25) is 0 Å². The van der Waals surface area contributed by atoms with E-state index in [1.165, 1.54) is 18.2 Å². The molecule has 0 saturated heterocycles. The maximum Gasteiger partial charge on any atom is 0.339 e. The Labute approximate surface area is 98.3 Å². The molecule has 1 aromatic rings. The molecule has 7 heteroatoms. The molecule has 0 saturated carbocycles. The number of phenols is 1. The predicted octanol–water partition coefficient (Wildman–Crippen LogP) is 0.911. The fraction of sp³-hybridized carbons (Fsp3) is 0.300. The number of benzene rings is 1. The summed E-state index contributed by atoms with van der Waals surface area (Å²) in [5.41, 5.74) is 0.359. The number of aromatic hydroxyl groups is 1. The van der Waals surface area contributed by atoms with Crippen molar-refractivity contribution in [3.63, 3.8) is 0 Å². The maximum absolute atomic E-state index is 10.7. The standard InChI is InChI=1S/C10H12O6S/c11-9-4-3-7(6-8(9)10(12)13)2-1-5-17(14,15)16/h3-4,6,11H,1-2,5H2,(H,12,13)(H,14,15,16). The Morgan fingerprint density at radius 3 is 2.47 bits per heavy atom.